The van der Waals surface area contributed by atoms with Crippen LogP contribution in [0, 0.1) is 18.8 Å². The van der Waals surface area contributed by atoms with Crippen molar-refractivity contribution in [3.63, 3.8) is 0 Å². The highest BCUT2D eigenvalue weighted by atomic mass is 32.2. The van der Waals surface area contributed by atoms with Crippen LogP contribution in [0.1, 0.15) is 32.8 Å². The molecule has 2 rings (SSSR count). The lowest BCUT2D eigenvalue weighted by Gasteiger charge is -2.30. The molecule has 1 aliphatic rings. The Labute approximate surface area is 138 Å². The number of aryl methyl sites for hydroxylation is 1. The van der Waals surface area contributed by atoms with Crippen molar-refractivity contribution in [1.29, 1.82) is 0 Å². The first-order chi connectivity index (χ1) is 10.7. The Morgan fingerprint density at radius 2 is 1.83 bits per heavy atom. The van der Waals surface area contributed by atoms with E-state index in [-0.39, 0.29) is 16.7 Å². The van der Waals surface area contributed by atoms with Crippen LogP contribution in [-0.2, 0) is 10.0 Å². The lowest BCUT2D eigenvalue weighted by Crippen LogP contribution is -2.37. The number of benzene rings is 1. The second-order valence-corrected chi connectivity index (χ2v) is 8.04. The van der Waals surface area contributed by atoms with Crippen LogP contribution in [0.4, 0.5) is 0 Å². The molecular weight excluding hydrogens is 312 g/mol. The molecule has 0 heterocycles. The van der Waals surface area contributed by atoms with E-state index in [1.807, 2.05) is 33.8 Å². The molecule has 2 N–H and O–H groups in total. The average molecular weight is 336 g/mol. The minimum Gasteiger partial charge on any atom is -0.386 e. The van der Waals surface area contributed by atoms with Crippen molar-refractivity contribution >= 4 is 15.7 Å². The van der Waals surface area contributed by atoms with E-state index in [1.54, 1.807) is 12.1 Å². The highest BCUT2D eigenvalue weighted by Crippen LogP contribution is 2.28. The highest BCUT2D eigenvalue weighted by Gasteiger charge is 2.31. The molecule has 0 amide bonds. The van der Waals surface area contributed by atoms with Crippen LogP contribution in [0.2, 0.25) is 0 Å². The van der Waals surface area contributed by atoms with E-state index in [4.69, 9.17) is 0 Å². The molecule has 126 valence electrons. The number of aliphatic hydroxyl groups is 1. The fourth-order valence-corrected chi connectivity index (χ4v) is 3.47. The van der Waals surface area contributed by atoms with Gasteiger partial charge in [-0.25, -0.2) is 0 Å². The Kier molecular flexibility index (Phi) is 5.26. The maximum atomic E-state index is 12.3. The molecule has 1 aromatic rings. The lowest BCUT2D eigenvalue weighted by molar-refractivity contribution is 0.136. The summed E-state index contributed by atoms with van der Waals surface area (Å²) in [5.74, 6) is 0.328. The number of hydrogen-bond donors (Lipinski definition) is 2. The summed E-state index contributed by atoms with van der Waals surface area (Å²) in [4.78, 5) is 2.40. The van der Waals surface area contributed by atoms with Gasteiger partial charge in [0.15, 0.2) is 0 Å². The Balaban J connectivity index is 2.25. The van der Waals surface area contributed by atoms with E-state index in [9.17, 15) is 13.5 Å². The third-order valence-corrected chi connectivity index (χ3v) is 5.48. The molecule has 1 aliphatic carbocycles. The minimum atomic E-state index is -3.74. The van der Waals surface area contributed by atoms with E-state index in [2.05, 4.69) is 9.93 Å². The summed E-state index contributed by atoms with van der Waals surface area (Å²) in [6, 6.07) is 6.54. The second kappa shape index (κ2) is 6.84. The van der Waals surface area contributed by atoms with Gasteiger partial charge in [-0.05, 0) is 49.8 Å². The van der Waals surface area contributed by atoms with Crippen molar-refractivity contribution < 1.29 is 13.5 Å². The zero-order valence-corrected chi connectivity index (χ0v) is 14.8. The number of sulfonamides is 1. The number of aliphatic hydroxyl groups excluding tert-OH is 1. The first-order valence-electron chi connectivity index (χ1n) is 7.73. The van der Waals surface area contributed by atoms with Crippen molar-refractivity contribution in [2.75, 3.05) is 0 Å². The van der Waals surface area contributed by atoms with Crippen LogP contribution in [0.15, 0.2) is 45.9 Å². The van der Waals surface area contributed by atoms with E-state index in [1.165, 1.54) is 12.1 Å². The Bertz CT molecular complexity index is 719. The predicted octanol–water partition coefficient (Wildman–Crippen LogP) is 2.61. The van der Waals surface area contributed by atoms with Crippen LogP contribution in [0.25, 0.3) is 0 Å². The maximum Gasteiger partial charge on any atom is 0.276 e. The van der Waals surface area contributed by atoms with E-state index < -0.39 is 16.1 Å². The molecule has 0 spiro atoms. The predicted molar refractivity (Wildman–Crippen MR) is 91.6 cm³/mol. The maximum absolute atomic E-state index is 12.3. The number of nitrogens with one attached hydrogen (secondary N) is 1. The summed E-state index contributed by atoms with van der Waals surface area (Å²) < 4.78 is 24.6. The molecule has 6 heteroatoms. The van der Waals surface area contributed by atoms with Crippen molar-refractivity contribution in [1.82, 2.24) is 4.83 Å². The van der Waals surface area contributed by atoms with E-state index >= 15 is 0 Å². The molecule has 0 aliphatic heterocycles. The van der Waals surface area contributed by atoms with E-state index in [0.717, 1.165) is 17.6 Å². The molecule has 0 aromatic heterocycles. The number of hydrazone groups is 1. The van der Waals surface area contributed by atoms with Gasteiger partial charge in [0, 0.05) is 0 Å². The zero-order valence-electron chi connectivity index (χ0n) is 13.9. The molecule has 1 aromatic carbocycles. The van der Waals surface area contributed by atoms with Gasteiger partial charge in [-0.1, -0.05) is 37.6 Å². The van der Waals surface area contributed by atoms with Gasteiger partial charge in [0.2, 0.25) is 0 Å². The van der Waals surface area contributed by atoms with Crippen LogP contribution in [0.5, 0.6) is 0 Å². The van der Waals surface area contributed by atoms with Crippen LogP contribution < -0.4 is 4.83 Å². The molecule has 5 nitrogen and oxygen atoms in total. The second-order valence-electron chi connectivity index (χ2n) is 6.38. The molecule has 23 heavy (non-hydrogen) atoms. The third-order valence-electron chi connectivity index (χ3n) is 4.26. The molecule has 0 bridgehead atoms. The van der Waals surface area contributed by atoms with Crippen LogP contribution in [-0.4, -0.2) is 25.3 Å². The molecule has 0 fully saturated rings. The number of nitrogens with zero attached hydrogens (tertiary/aromatic N) is 1. The molecule has 0 radical (unpaired) electrons. The van der Waals surface area contributed by atoms with Gasteiger partial charge in [0.1, 0.15) is 6.10 Å². The SMILES string of the molecule is CC1=CC[C@@H](C(C)C)[C@@H](O)/C1=N\NS(=O)(=O)c1ccc(C)cc1. The number of hydrogen-bond acceptors (Lipinski definition) is 4. The number of rotatable bonds is 4. The Morgan fingerprint density at radius 3 is 2.39 bits per heavy atom. The van der Waals surface area contributed by atoms with Crippen molar-refractivity contribution in [3.8, 4) is 0 Å². The highest BCUT2D eigenvalue weighted by molar-refractivity contribution is 7.89. The normalized spacial score (nSPS) is 23.9. The monoisotopic (exact) mass is 336 g/mol. The Morgan fingerprint density at radius 1 is 1.22 bits per heavy atom. The van der Waals surface area contributed by atoms with E-state index in [0.29, 0.717) is 5.71 Å². The fraction of sp³-hybridized carbons (Fsp3) is 0.471. The molecule has 2 atom stereocenters. The van der Waals surface area contributed by atoms with Crippen molar-refractivity contribution in [2.24, 2.45) is 16.9 Å². The largest absolute Gasteiger partial charge is 0.386 e. The molecule has 0 saturated carbocycles. The average Bonchev–Trinajstić information content (AvgIpc) is 2.47. The summed E-state index contributed by atoms with van der Waals surface area (Å²) in [6.07, 6.45) is 2.01. The van der Waals surface area contributed by atoms with Gasteiger partial charge in [-0.2, -0.15) is 18.4 Å². The Hall–Kier alpha value is -1.66. The van der Waals surface area contributed by atoms with Crippen molar-refractivity contribution in [3.05, 3.63) is 41.5 Å². The topological polar surface area (TPSA) is 78.8 Å². The smallest absolute Gasteiger partial charge is 0.276 e. The number of allylic oxidation sites excluding steroid dienone is 1. The van der Waals surface area contributed by atoms with Crippen LogP contribution in [0.3, 0.4) is 0 Å². The summed E-state index contributed by atoms with van der Waals surface area (Å²) in [7, 11) is -3.74. The molecule has 0 saturated heterocycles. The van der Waals surface area contributed by atoms with Gasteiger partial charge in [-0.3, -0.25) is 0 Å². The summed E-state index contributed by atoms with van der Waals surface area (Å²) in [5, 5.41) is 14.5. The summed E-state index contributed by atoms with van der Waals surface area (Å²) >= 11 is 0. The zero-order chi connectivity index (χ0) is 17.2. The third kappa shape index (κ3) is 4.00. The van der Waals surface area contributed by atoms with Gasteiger partial charge < -0.3 is 5.11 Å². The first-order valence-corrected chi connectivity index (χ1v) is 9.22. The van der Waals surface area contributed by atoms with Crippen molar-refractivity contribution in [2.45, 2.75) is 45.1 Å². The fourth-order valence-electron chi connectivity index (χ4n) is 2.65. The summed E-state index contributed by atoms with van der Waals surface area (Å²) in [6.45, 7) is 7.80. The molecule has 0 unspecified atom stereocenters. The van der Waals surface area contributed by atoms with Gasteiger partial charge in [0.25, 0.3) is 10.0 Å². The summed E-state index contributed by atoms with van der Waals surface area (Å²) in [5.41, 5.74) is 2.18. The lowest BCUT2D eigenvalue weighted by atomic mass is 9.79. The van der Waals surface area contributed by atoms with Gasteiger partial charge in [-0.15, -0.1) is 0 Å². The van der Waals surface area contributed by atoms with Gasteiger partial charge in [0.05, 0.1) is 10.6 Å². The molecular formula is C17H24N2O3S. The minimum absolute atomic E-state index is 0.0429. The first kappa shape index (κ1) is 17.7. The van der Waals surface area contributed by atoms with Gasteiger partial charge >= 0.3 is 0 Å². The quantitative estimate of drug-likeness (QED) is 0.830. The standard InChI is InChI=1S/C17H24N2O3S/c1-11(2)15-10-7-13(4)16(17(15)20)18-19-23(21,22)14-8-5-12(3)6-9-14/h5-9,11,15,17,19-20H,10H2,1-4H3/b18-16-/t15-,17+/m0/s1. The van der Waals surface area contributed by atoms with Crippen LogP contribution >= 0.6 is 0 Å².